The smallest absolute Gasteiger partial charge is 0.339 e. The summed E-state index contributed by atoms with van der Waals surface area (Å²) in [5.74, 6) is -0.949. The lowest BCUT2D eigenvalue weighted by molar-refractivity contribution is 0.0694. The van der Waals surface area contributed by atoms with Crippen molar-refractivity contribution in [3.8, 4) is 22.6 Å². The molecule has 0 bridgehead atoms. The number of carboxylic acid groups (broad SMARTS) is 1. The number of aromatic carboxylic acids is 1. The fourth-order valence-electron chi connectivity index (χ4n) is 2.00. The van der Waals surface area contributed by atoms with Crippen molar-refractivity contribution >= 4 is 5.97 Å². The Morgan fingerprint density at radius 1 is 1.14 bits per heavy atom. The number of carbonyl (C=O) groups is 1. The van der Waals surface area contributed by atoms with E-state index < -0.39 is 5.97 Å². The third-order valence-electron chi connectivity index (χ3n) is 3.08. The number of carboxylic acids is 1. The first-order valence-electron chi connectivity index (χ1n) is 6.43. The Labute approximate surface area is 125 Å². The molecule has 3 rings (SSSR count). The molecule has 0 atom stereocenters. The lowest BCUT2D eigenvalue weighted by atomic mass is 10.1. The molecule has 1 heterocycles. The normalized spacial score (nSPS) is 10.4. The van der Waals surface area contributed by atoms with E-state index in [9.17, 15) is 14.3 Å². The summed E-state index contributed by atoms with van der Waals surface area (Å²) < 4.78 is 18.4. The fourth-order valence-corrected chi connectivity index (χ4v) is 2.00. The highest BCUT2D eigenvalue weighted by molar-refractivity contribution is 5.92. The van der Waals surface area contributed by atoms with E-state index in [4.69, 9.17) is 4.74 Å². The Balaban J connectivity index is 1.97. The van der Waals surface area contributed by atoms with E-state index in [2.05, 4.69) is 10.2 Å². The van der Waals surface area contributed by atoms with Gasteiger partial charge in [0.15, 0.2) is 0 Å². The van der Waals surface area contributed by atoms with Crippen LogP contribution in [0.4, 0.5) is 4.39 Å². The summed E-state index contributed by atoms with van der Waals surface area (Å²) in [6.07, 6.45) is 3.27. The van der Waals surface area contributed by atoms with E-state index in [0.717, 1.165) is 5.56 Å². The number of ether oxygens (including phenoxy) is 1. The molecule has 3 aromatic rings. The molecule has 0 aliphatic heterocycles. The second kappa shape index (κ2) is 5.69. The molecular formula is C16H11FN2O3. The number of aromatic nitrogens is 2. The highest BCUT2D eigenvalue weighted by atomic mass is 19.1. The number of aromatic amines is 1. The number of halogens is 1. The zero-order chi connectivity index (χ0) is 15.5. The summed E-state index contributed by atoms with van der Waals surface area (Å²) in [7, 11) is 0. The molecule has 1 aromatic heterocycles. The van der Waals surface area contributed by atoms with E-state index in [1.807, 2.05) is 0 Å². The van der Waals surface area contributed by atoms with Gasteiger partial charge in [-0.1, -0.05) is 6.07 Å². The van der Waals surface area contributed by atoms with Gasteiger partial charge in [-0.05, 0) is 42.0 Å². The summed E-state index contributed by atoms with van der Waals surface area (Å²) in [5.41, 5.74) is 1.50. The standard InChI is InChI=1S/C16H11FN2O3/c17-12-2-4-13(5-3-12)22-15-6-1-10(7-14(15)16(20)21)11-8-18-19-9-11/h1-9H,(H,18,19)(H,20,21). The van der Waals surface area contributed by atoms with Crippen LogP contribution in [-0.4, -0.2) is 21.3 Å². The summed E-state index contributed by atoms with van der Waals surface area (Å²) in [4.78, 5) is 11.4. The Bertz CT molecular complexity index is 799. The number of hydrogen-bond acceptors (Lipinski definition) is 3. The first-order valence-corrected chi connectivity index (χ1v) is 6.43. The zero-order valence-corrected chi connectivity index (χ0v) is 11.3. The Kier molecular flexibility index (Phi) is 3.57. The molecule has 0 fully saturated rings. The quantitative estimate of drug-likeness (QED) is 0.770. The number of H-pyrrole nitrogens is 1. The molecule has 2 aromatic carbocycles. The summed E-state index contributed by atoms with van der Waals surface area (Å²) in [6.45, 7) is 0. The molecule has 0 saturated carbocycles. The maximum absolute atomic E-state index is 12.9. The molecule has 110 valence electrons. The number of rotatable bonds is 4. The van der Waals surface area contributed by atoms with Crippen LogP contribution in [0.5, 0.6) is 11.5 Å². The first-order chi connectivity index (χ1) is 10.6. The molecular weight excluding hydrogens is 287 g/mol. The zero-order valence-electron chi connectivity index (χ0n) is 11.3. The van der Waals surface area contributed by atoms with Gasteiger partial charge in [-0.15, -0.1) is 0 Å². The third-order valence-corrected chi connectivity index (χ3v) is 3.08. The maximum atomic E-state index is 12.9. The second-order valence-electron chi connectivity index (χ2n) is 4.56. The maximum Gasteiger partial charge on any atom is 0.339 e. The van der Waals surface area contributed by atoms with Gasteiger partial charge in [0.1, 0.15) is 22.9 Å². The van der Waals surface area contributed by atoms with Gasteiger partial charge in [0.05, 0.1) is 6.20 Å². The highest BCUT2D eigenvalue weighted by Crippen LogP contribution is 2.30. The van der Waals surface area contributed by atoms with Crippen molar-refractivity contribution in [3.63, 3.8) is 0 Å². The van der Waals surface area contributed by atoms with Gasteiger partial charge in [0.25, 0.3) is 0 Å². The molecule has 0 spiro atoms. The molecule has 0 amide bonds. The Hall–Kier alpha value is -3.15. The van der Waals surface area contributed by atoms with Crippen LogP contribution in [0.1, 0.15) is 10.4 Å². The second-order valence-corrected chi connectivity index (χ2v) is 4.56. The summed E-state index contributed by atoms with van der Waals surface area (Å²) >= 11 is 0. The number of hydrogen-bond donors (Lipinski definition) is 2. The van der Waals surface area contributed by atoms with Gasteiger partial charge in [0, 0.05) is 11.8 Å². The molecule has 0 unspecified atom stereocenters. The highest BCUT2D eigenvalue weighted by Gasteiger charge is 2.14. The predicted molar refractivity (Wildman–Crippen MR) is 77.5 cm³/mol. The molecule has 0 radical (unpaired) electrons. The minimum atomic E-state index is -1.11. The Morgan fingerprint density at radius 2 is 1.91 bits per heavy atom. The lowest BCUT2D eigenvalue weighted by Crippen LogP contribution is -2.00. The predicted octanol–water partition coefficient (Wildman–Crippen LogP) is 3.71. The van der Waals surface area contributed by atoms with Gasteiger partial charge in [-0.25, -0.2) is 9.18 Å². The van der Waals surface area contributed by atoms with Crippen LogP contribution in [0.3, 0.4) is 0 Å². The molecule has 0 saturated heterocycles. The van der Waals surface area contributed by atoms with Gasteiger partial charge in [0.2, 0.25) is 0 Å². The van der Waals surface area contributed by atoms with Crippen molar-refractivity contribution in [2.75, 3.05) is 0 Å². The van der Waals surface area contributed by atoms with E-state index in [1.54, 1.807) is 24.5 Å². The summed E-state index contributed by atoms with van der Waals surface area (Å²) in [6, 6.07) is 10.2. The van der Waals surface area contributed by atoms with Crippen LogP contribution < -0.4 is 4.74 Å². The molecule has 0 aliphatic carbocycles. The van der Waals surface area contributed by atoms with Gasteiger partial charge < -0.3 is 9.84 Å². The van der Waals surface area contributed by atoms with Crippen molar-refractivity contribution in [1.29, 1.82) is 0 Å². The van der Waals surface area contributed by atoms with Crippen molar-refractivity contribution in [1.82, 2.24) is 10.2 Å². The first kappa shape index (κ1) is 13.8. The van der Waals surface area contributed by atoms with Crippen LogP contribution in [0.2, 0.25) is 0 Å². The molecule has 2 N–H and O–H groups in total. The SMILES string of the molecule is O=C(O)c1cc(-c2cn[nH]c2)ccc1Oc1ccc(F)cc1. The minimum Gasteiger partial charge on any atom is -0.478 e. The van der Waals surface area contributed by atoms with Crippen LogP contribution >= 0.6 is 0 Å². The molecule has 5 nitrogen and oxygen atoms in total. The van der Waals surface area contributed by atoms with E-state index in [0.29, 0.717) is 11.3 Å². The lowest BCUT2D eigenvalue weighted by Gasteiger charge is -2.10. The fraction of sp³-hybridized carbons (Fsp3) is 0. The topological polar surface area (TPSA) is 75.2 Å². The van der Waals surface area contributed by atoms with E-state index in [-0.39, 0.29) is 17.1 Å². The minimum absolute atomic E-state index is 0.0167. The average Bonchev–Trinajstić information content (AvgIpc) is 3.04. The van der Waals surface area contributed by atoms with Crippen molar-refractivity contribution in [2.45, 2.75) is 0 Å². The number of benzene rings is 2. The van der Waals surface area contributed by atoms with Gasteiger partial charge >= 0.3 is 5.97 Å². The van der Waals surface area contributed by atoms with Crippen molar-refractivity contribution < 1.29 is 19.0 Å². The van der Waals surface area contributed by atoms with Crippen LogP contribution in [-0.2, 0) is 0 Å². The van der Waals surface area contributed by atoms with Gasteiger partial charge in [-0.2, -0.15) is 5.10 Å². The monoisotopic (exact) mass is 298 g/mol. The van der Waals surface area contributed by atoms with Gasteiger partial charge in [-0.3, -0.25) is 5.10 Å². The molecule has 0 aliphatic rings. The number of nitrogens with one attached hydrogen (secondary N) is 1. The third kappa shape index (κ3) is 2.80. The molecule has 6 heteroatoms. The van der Waals surface area contributed by atoms with Crippen molar-refractivity contribution in [3.05, 3.63) is 66.2 Å². The average molecular weight is 298 g/mol. The largest absolute Gasteiger partial charge is 0.478 e. The van der Waals surface area contributed by atoms with E-state index >= 15 is 0 Å². The van der Waals surface area contributed by atoms with Crippen LogP contribution in [0.25, 0.3) is 11.1 Å². The van der Waals surface area contributed by atoms with Crippen LogP contribution in [0.15, 0.2) is 54.9 Å². The Morgan fingerprint density at radius 3 is 2.55 bits per heavy atom. The van der Waals surface area contributed by atoms with E-state index in [1.165, 1.54) is 30.3 Å². The van der Waals surface area contributed by atoms with Crippen molar-refractivity contribution in [2.24, 2.45) is 0 Å². The molecule has 22 heavy (non-hydrogen) atoms. The number of nitrogens with zero attached hydrogens (tertiary/aromatic N) is 1. The van der Waals surface area contributed by atoms with Crippen LogP contribution in [0, 0.1) is 5.82 Å². The summed E-state index contributed by atoms with van der Waals surface area (Å²) in [5, 5.41) is 15.9.